The summed E-state index contributed by atoms with van der Waals surface area (Å²) in [7, 11) is 0. The zero-order chi connectivity index (χ0) is 20.5. The third kappa shape index (κ3) is 3.29. The van der Waals surface area contributed by atoms with Crippen LogP contribution in [0.15, 0.2) is 53.7 Å². The molecule has 0 aliphatic carbocycles. The fourth-order valence-corrected chi connectivity index (χ4v) is 3.33. The molecule has 8 nitrogen and oxygen atoms in total. The Hall–Kier alpha value is -3.81. The van der Waals surface area contributed by atoms with E-state index in [9.17, 15) is 9.59 Å². The molecule has 0 saturated heterocycles. The summed E-state index contributed by atoms with van der Waals surface area (Å²) in [6.07, 6.45) is 5.13. The smallest absolute Gasteiger partial charge is 0.278 e. The molecule has 0 bridgehead atoms. The third-order valence-corrected chi connectivity index (χ3v) is 4.74. The molecule has 29 heavy (non-hydrogen) atoms. The van der Waals surface area contributed by atoms with Gasteiger partial charge in [-0.05, 0) is 37.6 Å². The highest BCUT2D eigenvalue weighted by molar-refractivity contribution is 6.00. The van der Waals surface area contributed by atoms with Crippen LogP contribution in [0.2, 0.25) is 0 Å². The first-order valence-electron chi connectivity index (χ1n) is 9.31. The molecule has 0 aliphatic heterocycles. The number of nitrogens with two attached hydrogens (primary N) is 1. The van der Waals surface area contributed by atoms with Crippen LogP contribution in [0.1, 0.15) is 28.4 Å². The van der Waals surface area contributed by atoms with Gasteiger partial charge in [0.25, 0.3) is 17.1 Å². The Labute approximate surface area is 166 Å². The van der Waals surface area contributed by atoms with Gasteiger partial charge in [-0.3, -0.25) is 19.0 Å². The molecular formula is C21H21N6O2+. The lowest BCUT2D eigenvalue weighted by atomic mass is 10.1. The molecule has 0 saturated carbocycles. The summed E-state index contributed by atoms with van der Waals surface area (Å²) in [6, 6.07) is 8.94. The number of aryl methyl sites for hydroxylation is 1. The third-order valence-electron chi connectivity index (χ3n) is 4.74. The van der Waals surface area contributed by atoms with Gasteiger partial charge in [0.15, 0.2) is 0 Å². The summed E-state index contributed by atoms with van der Waals surface area (Å²) < 4.78 is 3.18. The Morgan fingerprint density at radius 3 is 2.86 bits per heavy atom. The summed E-state index contributed by atoms with van der Waals surface area (Å²) in [5, 5.41) is 3.08. The van der Waals surface area contributed by atoms with Crippen LogP contribution in [0.3, 0.4) is 0 Å². The van der Waals surface area contributed by atoms with Crippen molar-refractivity contribution in [3.05, 3.63) is 76.0 Å². The van der Waals surface area contributed by atoms with Crippen LogP contribution in [-0.2, 0) is 6.54 Å². The number of fused-ring (bicyclic) bond motifs is 2. The minimum absolute atomic E-state index is 0.245. The number of nitrogen functional groups attached to an aromatic ring is 1. The van der Waals surface area contributed by atoms with Crippen molar-refractivity contribution in [3.8, 4) is 0 Å². The Morgan fingerprint density at radius 2 is 2.14 bits per heavy atom. The molecule has 0 atom stereocenters. The molecule has 3 N–H and O–H groups in total. The number of rotatable bonds is 4. The van der Waals surface area contributed by atoms with E-state index in [0.717, 1.165) is 11.1 Å². The molecule has 0 aromatic carbocycles. The molecular weight excluding hydrogens is 368 g/mol. The van der Waals surface area contributed by atoms with Crippen LogP contribution < -0.4 is 21.2 Å². The number of aromatic nitrogens is 4. The van der Waals surface area contributed by atoms with E-state index in [0.29, 0.717) is 29.8 Å². The maximum absolute atomic E-state index is 13.2. The van der Waals surface area contributed by atoms with E-state index in [1.165, 1.54) is 10.5 Å². The van der Waals surface area contributed by atoms with Crippen molar-refractivity contribution in [2.24, 2.45) is 0 Å². The molecule has 8 heteroatoms. The zero-order valence-corrected chi connectivity index (χ0v) is 16.2. The van der Waals surface area contributed by atoms with Crippen molar-refractivity contribution < 1.29 is 9.36 Å². The van der Waals surface area contributed by atoms with Crippen LogP contribution in [0.25, 0.3) is 16.7 Å². The first-order valence-corrected chi connectivity index (χ1v) is 9.31. The maximum atomic E-state index is 13.2. The predicted octanol–water partition coefficient (Wildman–Crippen LogP) is 1.22. The molecule has 0 radical (unpaired) electrons. The molecule has 146 valence electrons. The quantitative estimate of drug-likeness (QED) is 0.403. The van der Waals surface area contributed by atoms with Crippen molar-refractivity contribution in [1.29, 1.82) is 0 Å². The number of nitrogens with one attached hydrogen (secondary N) is 1. The van der Waals surface area contributed by atoms with E-state index in [1.54, 1.807) is 29.2 Å². The van der Waals surface area contributed by atoms with Crippen molar-refractivity contribution in [1.82, 2.24) is 19.7 Å². The lowest BCUT2D eigenvalue weighted by Crippen LogP contribution is -2.43. The van der Waals surface area contributed by atoms with Gasteiger partial charge in [0.05, 0.1) is 6.54 Å². The molecule has 4 aromatic heterocycles. The molecule has 0 spiro atoms. The Morgan fingerprint density at radius 1 is 1.31 bits per heavy atom. The first kappa shape index (κ1) is 18.5. The van der Waals surface area contributed by atoms with E-state index < -0.39 is 0 Å². The molecule has 0 fully saturated rings. The van der Waals surface area contributed by atoms with Gasteiger partial charge in [-0.25, -0.2) is 4.57 Å². The van der Waals surface area contributed by atoms with Gasteiger partial charge in [0.1, 0.15) is 10.9 Å². The summed E-state index contributed by atoms with van der Waals surface area (Å²) in [6.45, 7) is 4.51. The number of carbonyl (C=O) groups is 1. The van der Waals surface area contributed by atoms with Gasteiger partial charge in [0.2, 0.25) is 11.5 Å². The molecule has 4 aromatic rings. The number of carbonyl (C=O) groups excluding carboxylic acids is 1. The minimum atomic E-state index is -0.333. The number of nitrogens with zero attached hydrogens (tertiary/aromatic N) is 4. The van der Waals surface area contributed by atoms with Gasteiger partial charge in [-0.1, -0.05) is 17.1 Å². The standard InChI is InChI=1S/C21H20N6O2/c1-3-24-20(28)15-9-16-19(25-17-7-6-13(2)11-26(17)21(16)29)27(18(15)22)12-14-5-4-8-23-10-14/h4-11,22H,3,12H2,1-2H3,(H,24,28)/p+1. The van der Waals surface area contributed by atoms with E-state index in [-0.39, 0.29) is 22.8 Å². The second kappa shape index (κ2) is 7.31. The Bertz CT molecular complexity index is 1300. The minimum Gasteiger partial charge on any atom is -0.352 e. The number of pyridine rings is 3. The van der Waals surface area contributed by atoms with E-state index >= 15 is 0 Å². The monoisotopic (exact) mass is 389 g/mol. The number of anilines is 1. The average Bonchev–Trinajstić information content (AvgIpc) is 2.72. The normalized spacial score (nSPS) is 11.1. The highest BCUT2D eigenvalue weighted by Gasteiger charge is 2.24. The maximum Gasteiger partial charge on any atom is 0.278 e. The van der Waals surface area contributed by atoms with Crippen molar-refractivity contribution >= 4 is 28.4 Å². The summed E-state index contributed by atoms with van der Waals surface area (Å²) in [5.74, 6) is -0.0868. The van der Waals surface area contributed by atoms with Gasteiger partial charge in [0, 0.05) is 30.7 Å². The van der Waals surface area contributed by atoms with E-state index in [1.807, 2.05) is 32.0 Å². The molecule has 4 rings (SSSR count). The van der Waals surface area contributed by atoms with Gasteiger partial charge in [-0.2, -0.15) is 0 Å². The summed E-state index contributed by atoms with van der Waals surface area (Å²) in [5.41, 5.74) is 9.12. The topological polar surface area (TPSA) is 106 Å². The SMILES string of the molecule is CCNC(=O)c1cc2c(=O)n3cc(C)ccc3nc2[n+](Cc2cccnc2)c1N. The zero-order valence-electron chi connectivity index (χ0n) is 16.2. The van der Waals surface area contributed by atoms with Crippen LogP contribution >= 0.6 is 0 Å². The fraction of sp³-hybridized carbons (Fsp3) is 0.190. The summed E-state index contributed by atoms with van der Waals surface area (Å²) >= 11 is 0. The Balaban J connectivity index is 2.07. The van der Waals surface area contributed by atoms with Crippen LogP contribution in [0.5, 0.6) is 0 Å². The highest BCUT2D eigenvalue weighted by atomic mass is 16.1. The molecule has 0 aliphatic rings. The average molecular weight is 389 g/mol. The Kier molecular flexibility index (Phi) is 4.67. The molecule has 0 unspecified atom stereocenters. The van der Waals surface area contributed by atoms with Crippen LogP contribution in [0, 0.1) is 6.92 Å². The van der Waals surface area contributed by atoms with Crippen molar-refractivity contribution in [2.75, 3.05) is 12.3 Å². The van der Waals surface area contributed by atoms with Gasteiger partial charge >= 0.3 is 0 Å². The first-order chi connectivity index (χ1) is 14.0. The lowest BCUT2D eigenvalue weighted by molar-refractivity contribution is -0.649. The number of amides is 1. The second-order valence-corrected chi connectivity index (χ2v) is 6.84. The highest BCUT2D eigenvalue weighted by Crippen LogP contribution is 2.16. The molecule has 4 heterocycles. The number of hydrogen-bond donors (Lipinski definition) is 2. The van der Waals surface area contributed by atoms with Gasteiger partial charge < -0.3 is 11.1 Å². The van der Waals surface area contributed by atoms with Crippen molar-refractivity contribution in [2.45, 2.75) is 20.4 Å². The second-order valence-electron chi connectivity index (χ2n) is 6.84. The molecule has 1 amide bonds. The lowest BCUT2D eigenvalue weighted by Gasteiger charge is -2.12. The fourth-order valence-electron chi connectivity index (χ4n) is 3.33. The van der Waals surface area contributed by atoms with E-state index in [2.05, 4.69) is 15.3 Å². The van der Waals surface area contributed by atoms with Crippen molar-refractivity contribution in [3.63, 3.8) is 0 Å². The number of hydrogen-bond acceptors (Lipinski definition) is 5. The predicted molar refractivity (Wildman–Crippen MR) is 110 cm³/mol. The van der Waals surface area contributed by atoms with Gasteiger partial charge in [-0.15, -0.1) is 0 Å². The van der Waals surface area contributed by atoms with Crippen LogP contribution in [-0.4, -0.2) is 26.8 Å². The summed E-state index contributed by atoms with van der Waals surface area (Å²) in [4.78, 5) is 34.6. The van der Waals surface area contributed by atoms with E-state index in [4.69, 9.17) is 5.73 Å². The largest absolute Gasteiger partial charge is 0.352 e. The van der Waals surface area contributed by atoms with Crippen LogP contribution in [0.4, 0.5) is 5.82 Å².